The number of hydrogen-bond acceptors (Lipinski definition) is 4. The lowest BCUT2D eigenvalue weighted by Crippen LogP contribution is -2.15. The second kappa shape index (κ2) is 7.47. The van der Waals surface area contributed by atoms with Crippen molar-refractivity contribution in [2.24, 2.45) is 0 Å². The minimum atomic E-state index is -4.06. The smallest absolute Gasteiger partial charge is 0.338 e. The molecule has 146 valence electrons. The molecule has 0 bridgehead atoms. The molecule has 0 aliphatic rings. The van der Waals surface area contributed by atoms with Gasteiger partial charge < -0.3 is 9.84 Å². The molecule has 0 aliphatic carbocycles. The van der Waals surface area contributed by atoms with Crippen molar-refractivity contribution in [1.82, 2.24) is 0 Å². The van der Waals surface area contributed by atoms with Crippen LogP contribution in [0.3, 0.4) is 0 Å². The maximum absolute atomic E-state index is 13.6. The van der Waals surface area contributed by atoms with Gasteiger partial charge in [0.1, 0.15) is 11.6 Å². The first-order valence-corrected chi connectivity index (χ1v) is 9.91. The van der Waals surface area contributed by atoms with Crippen LogP contribution in [0.5, 0.6) is 5.75 Å². The number of nitrogens with one attached hydrogen (secondary N) is 1. The summed E-state index contributed by atoms with van der Waals surface area (Å²) in [6.45, 7) is 3.74. The molecule has 0 amide bonds. The number of ether oxygens (including phenoxy) is 1. The SMILES string of the molecule is CC(C)Oc1ccc(S(=O)(=O)Nc2ccc(F)c(C(=O)O)c2)c2ccccc12. The van der Waals surface area contributed by atoms with Crippen molar-refractivity contribution in [3.8, 4) is 5.75 Å². The van der Waals surface area contributed by atoms with Crippen LogP contribution in [0.4, 0.5) is 10.1 Å². The number of carboxylic acids is 1. The second-order valence-corrected chi connectivity index (χ2v) is 8.03. The first-order valence-electron chi connectivity index (χ1n) is 8.43. The van der Waals surface area contributed by atoms with Crippen molar-refractivity contribution in [1.29, 1.82) is 0 Å². The number of carboxylic acid groups (broad SMARTS) is 1. The number of rotatable bonds is 6. The Bertz CT molecular complexity index is 1160. The Kier molecular flexibility index (Phi) is 5.24. The molecule has 0 radical (unpaired) electrons. The summed E-state index contributed by atoms with van der Waals surface area (Å²) in [6, 6.07) is 12.9. The van der Waals surface area contributed by atoms with Crippen LogP contribution in [0.1, 0.15) is 24.2 Å². The summed E-state index contributed by atoms with van der Waals surface area (Å²) in [6.07, 6.45) is -0.0855. The van der Waals surface area contributed by atoms with E-state index in [2.05, 4.69) is 4.72 Å². The average molecular weight is 403 g/mol. The van der Waals surface area contributed by atoms with Gasteiger partial charge in [-0.05, 0) is 44.2 Å². The van der Waals surface area contributed by atoms with Crippen LogP contribution in [-0.2, 0) is 10.0 Å². The Labute approximate surface area is 161 Å². The van der Waals surface area contributed by atoms with Gasteiger partial charge in [-0.3, -0.25) is 4.72 Å². The van der Waals surface area contributed by atoms with E-state index in [1.165, 1.54) is 6.07 Å². The van der Waals surface area contributed by atoms with Crippen molar-refractivity contribution >= 4 is 32.5 Å². The van der Waals surface area contributed by atoms with Crippen LogP contribution < -0.4 is 9.46 Å². The van der Waals surface area contributed by atoms with E-state index in [1.807, 2.05) is 13.8 Å². The zero-order valence-corrected chi connectivity index (χ0v) is 16.0. The lowest BCUT2D eigenvalue weighted by Gasteiger charge is -2.16. The Hall–Kier alpha value is -3.13. The molecule has 3 aromatic carbocycles. The molecule has 3 aromatic rings. The maximum atomic E-state index is 13.6. The van der Waals surface area contributed by atoms with E-state index in [0.717, 1.165) is 18.2 Å². The normalized spacial score (nSPS) is 11.6. The third kappa shape index (κ3) is 3.91. The van der Waals surface area contributed by atoms with E-state index in [9.17, 15) is 17.6 Å². The van der Waals surface area contributed by atoms with Crippen LogP contribution in [0, 0.1) is 5.82 Å². The largest absolute Gasteiger partial charge is 0.490 e. The van der Waals surface area contributed by atoms with Crippen LogP contribution in [0.25, 0.3) is 10.8 Å². The molecule has 6 nitrogen and oxygen atoms in total. The second-order valence-electron chi connectivity index (χ2n) is 6.38. The van der Waals surface area contributed by atoms with Crippen molar-refractivity contribution in [2.45, 2.75) is 24.8 Å². The van der Waals surface area contributed by atoms with E-state index in [1.54, 1.807) is 30.3 Å². The van der Waals surface area contributed by atoms with Crippen molar-refractivity contribution in [3.63, 3.8) is 0 Å². The molecule has 8 heteroatoms. The van der Waals surface area contributed by atoms with Crippen molar-refractivity contribution in [2.75, 3.05) is 4.72 Å². The third-order valence-electron chi connectivity index (χ3n) is 3.95. The van der Waals surface area contributed by atoms with E-state index in [0.29, 0.717) is 16.5 Å². The first kappa shape index (κ1) is 19.6. The fraction of sp³-hybridized carbons (Fsp3) is 0.150. The standard InChI is InChI=1S/C20H18FNO5S/c1-12(2)27-18-9-10-19(15-6-4-3-5-14(15)18)28(25,26)22-13-7-8-17(21)16(11-13)20(23)24/h3-12,22H,1-2H3,(H,23,24). The number of benzene rings is 3. The third-order valence-corrected chi connectivity index (χ3v) is 5.38. The molecule has 0 heterocycles. The molecule has 0 fully saturated rings. The van der Waals surface area contributed by atoms with Gasteiger partial charge in [-0.1, -0.05) is 24.3 Å². The van der Waals surface area contributed by atoms with Crippen LogP contribution in [-0.4, -0.2) is 25.6 Å². The van der Waals surface area contributed by atoms with Crippen LogP contribution in [0.2, 0.25) is 0 Å². The minimum Gasteiger partial charge on any atom is -0.490 e. The van der Waals surface area contributed by atoms with Crippen LogP contribution in [0.15, 0.2) is 59.5 Å². The summed E-state index contributed by atoms with van der Waals surface area (Å²) in [4.78, 5) is 11.1. The topological polar surface area (TPSA) is 92.7 Å². The summed E-state index contributed by atoms with van der Waals surface area (Å²) in [5, 5.41) is 10.1. The molecule has 0 aliphatic heterocycles. The predicted octanol–water partition coefficient (Wildman–Crippen LogP) is 4.27. The Morgan fingerprint density at radius 1 is 1.07 bits per heavy atom. The summed E-state index contributed by atoms with van der Waals surface area (Å²) >= 11 is 0. The number of fused-ring (bicyclic) bond motifs is 1. The quantitative estimate of drug-likeness (QED) is 0.641. The fourth-order valence-corrected chi connectivity index (χ4v) is 4.06. The van der Waals surface area contributed by atoms with Gasteiger partial charge in [0.2, 0.25) is 0 Å². The Morgan fingerprint density at radius 3 is 2.39 bits per heavy atom. The number of carbonyl (C=O) groups is 1. The zero-order valence-electron chi connectivity index (χ0n) is 15.1. The molecular formula is C20H18FNO5S. The molecule has 3 rings (SSSR count). The fourth-order valence-electron chi connectivity index (χ4n) is 2.80. The van der Waals surface area contributed by atoms with E-state index < -0.39 is 27.4 Å². The lowest BCUT2D eigenvalue weighted by atomic mass is 10.1. The number of sulfonamides is 1. The number of halogens is 1. The molecule has 0 atom stereocenters. The molecule has 0 saturated carbocycles. The molecule has 0 spiro atoms. The van der Waals surface area contributed by atoms with Crippen LogP contribution >= 0.6 is 0 Å². The monoisotopic (exact) mass is 403 g/mol. The number of aromatic carboxylic acids is 1. The maximum Gasteiger partial charge on any atom is 0.338 e. The van der Waals surface area contributed by atoms with Gasteiger partial charge in [0.25, 0.3) is 10.0 Å². The molecule has 28 heavy (non-hydrogen) atoms. The number of anilines is 1. The van der Waals surface area contributed by atoms with Gasteiger partial charge in [0.05, 0.1) is 16.6 Å². The van der Waals surface area contributed by atoms with Gasteiger partial charge in [-0.2, -0.15) is 0 Å². The molecule has 0 aromatic heterocycles. The first-order chi connectivity index (χ1) is 13.2. The zero-order chi connectivity index (χ0) is 20.5. The van der Waals surface area contributed by atoms with E-state index in [4.69, 9.17) is 9.84 Å². The van der Waals surface area contributed by atoms with Crippen molar-refractivity contribution < 1.29 is 27.4 Å². The molecular weight excluding hydrogens is 385 g/mol. The predicted molar refractivity (Wildman–Crippen MR) is 104 cm³/mol. The highest BCUT2D eigenvalue weighted by Gasteiger charge is 2.21. The van der Waals surface area contributed by atoms with E-state index in [-0.39, 0.29) is 16.7 Å². The highest BCUT2D eigenvalue weighted by atomic mass is 32.2. The van der Waals surface area contributed by atoms with E-state index >= 15 is 0 Å². The summed E-state index contributed by atoms with van der Waals surface area (Å²) < 4.78 is 47.5. The van der Waals surface area contributed by atoms with Gasteiger partial charge >= 0.3 is 5.97 Å². The minimum absolute atomic E-state index is 0.000376. The van der Waals surface area contributed by atoms with Gasteiger partial charge in [-0.25, -0.2) is 17.6 Å². The number of hydrogen-bond donors (Lipinski definition) is 2. The Morgan fingerprint density at radius 2 is 1.75 bits per heavy atom. The summed E-state index contributed by atoms with van der Waals surface area (Å²) in [7, 11) is -4.06. The summed E-state index contributed by atoms with van der Waals surface area (Å²) in [5.74, 6) is -1.88. The summed E-state index contributed by atoms with van der Waals surface area (Å²) in [5.41, 5.74) is -0.670. The average Bonchev–Trinajstić information content (AvgIpc) is 2.62. The van der Waals surface area contributed by atoms with Crippen molar-refractivity contribution in [3.05, 3.63) is 66.0 Å². The van der Waals surface area contributed by atoms with Gasteiger partial charge in [0, 0.05) is 16.5 Å². The lowest BCUT2D eigenvalue weighted by molar-refractivity contribution is 0.0692. The molecule has 2 N–H and O–H groups in total. The van der Waals surface area contributed by atoms with Gasteiger partial charge in [0.15, 0.2) is 0 Å². The highest BCUT2D eigenvalue weighted by Crippen LogP contribution is 2.32. The van der Waals surface area contributed by atoms with Gasteiger partial charge in [-0.15, -0.1) is 0 Å². The Balaban J connectivity index is 2.07. The highest BCUT2D eigenvalue weighted by molar-refractivity contribution is 7.93. The molecule has 0 unspecified atom stereocenters. The molecule has 0 saturated heterocycles.